The molecule has 0 aromatic heterocycles. The van der Waals surface area contributed by atoms with Crippen molar-refractivity contribution in [3.8, 4) is 11.8 Å². The van der Waals surface area contributed by atoms with Crippen LogP contribution in [0.4, 0.5) is 4.39 Å². The van der Waals surface area contributed by atoms with Crippen LogP contribution in [0.25, 0.3) is 0 Å². The van der Waals surface area contributed by atoms with Crippen molar-refractivity contribution in [3.05, 3.63) is 0 Å². The second kappa shape index (κ2) is 4.33. The Morgan fingerprint density at radius 2 is 2.10 bits per heavy atom. The van der Waals surface area contributed by atoms with Gasteiger partial charge in [-0.2, -0.15) is 0 Å². The smallest absolute Gasteiger partial charge is 0.150 e. The average Bonchev–Trinajstić information content (AvgIpc) is 2.71. The van der Waals surface area contributed by atoms with Crippen LogP contribution in [-0.4, -0.2) is 6.67 Å². The van der Waals surface area contributed by atoms with Gasteiger partial charge in [0.05, 0.1) is 0 Å². The first-order valence-electron chi connectivity index (χ1n) is 3.95. The second-order valence-electron chi connectivity index (χ2n) is 2.82. The van der Waals surface area contributed by atoms with E-state index in [1.54, 1.807) is 0 Å². The summed E-state index contributed by atoms with van der Waals surface area (Å²) in [5, 5.41) is 0. The van der Waals surface area contributed by atoms with E-state index in [0.717, 1.165) is 18.8 Å². The van der Waals surface area contributed by atoms with Gasteiger partial charge in [0.25, 0.3) is 0 Å². The van der Waals surface area contributed by atoms with Gasteiger partial charge < -0.3 is 0 Å². The fourth-order valence-electron chi connectivity index (χ4n) is 1.02. The normalized spacial score (nSPS) is 16.1. The van der Waals surface area contributed by atoms with E-state index in [1.807, 2.05) is 0 Å². The Kier molecular flexibility index (Phi) is 3.29. The van der Waals surface area contributed by atoms with Gasteiger partial charge in [0.15, 0.2) is 0 Å². The Hall–Kier alpha value is -0.510. The van der Waals surface area contributed by atoms with Crippen LogP contribution in [-0.2, 0) is 0 Å². The SMILES string of the molecule is FCC#CCCCC1CC1. The van der Waals surface area contributed by atoms with Crippen molar-refractivity contribution in [1.29, 1.82) is 0 Å². The largest absolute Gasteiger partial charge is 0.237 e. The third-order valence-electron chi connectivity index (χ3n) is 1.80. The highest BCUT2D eigenvalue weighted by molar-refractivity contribution is 4.98. The first kappa shape index (κ1) is 7.60. The highest BCUT2D eigenvalue weighted by atomic mass is 19.1. The molecule has 10 heavy (non-hydrogen) atoms. The van der Waals surface area contributed by atoms with Gasteiger partial charge in [-0.05, 0) is 18.8 Å². The van der Waals surface area contributed by atoms with Crippen LogP contribution in [0.5, 0.6) is 0 Å². The molecule has 1 fully saturated rings. The molecule has 0 nitrogen and oxygen atoms in total. The number of alkyl halides is 1. The zero-order valence-corrected chi connectivity index (χ0v) is 6.20. The number of hydrogen-bond donors (Lipinski definition) is 0. The summed E-state index contributed by atoms with van der Waals surface area (Å²) in [5.74, 6) is 6.21. The van der Waals surface area contributed by atoms with E-state index in [4.69, 9.17) is 0 Å². The maximum atomic E-state index is 11.4. The zero-order chi connectivity index (χ0) is 7.23. The molecule has 1 aliphatic rings. The predicted molar refractivity (Wildman–Crippen MR) is 40.3 cm³/mol. The van der Waals surface area contributed by atoms with Crippen molar-refractivity contribution in [1.82, 2.24) is 0 Å². The summed E-state index contributed by atoms with van der Waals surface area (Å²) in [6.07, 6.45) is 6.19. The molecule has 0 aromatic rings. The van der Waals surface area contributed by atoms with Crippen LogP contribution in [0, 0.1) is 17.8 Å². The lowest BCUT2D eigenvalue weighted by Crippen LogP contribution is -1.75. The minimum absolute atomic E-state index is 0.483. The highest BCUT2D eigenvalue weighted by Gasteiger charge is 2.19. The van der Waals surface area contributed by atoms with E-state index in [-0.39, 0.29) is 0 Å². The van der Waals surface area contributed by atoms with E-state index in [2.05, 4.69) is 11.8 Å². The van der Waals surface area contributed by atoms with E-state index in [1.165, 1.54) is 19.3 Å². The minimum atomic E-state index is -0.483. The Balaban J connectivity index is 1.84. The number of hydrogen-bond acceptors (Lipinski definition) is 0. The molecule has 0 atom stereocenters. The molecule has 0 saturated heterocycles. The minimum Gasteiger partial charge on any atom is -0.237 e. The molecule has 0 aromatic carbocycles. The van der Waals surface area contributed by atoms with Crippen LogP contribution in [0.15, 0.2) is 0 Å². The molecule has 0 unspecified atom stereocenters. The molecule has 0 spiro atoms. The average molecular weight is 140 g/mol. The Morgan fingerprint density at radius 3 is 2.70 bits per heavy atom. The lowest BCUT2D eigenvalue weighted by Gasteiger charge is -1.89. The van der Waals surface area contributed by atoms with Crippen LogP contribution in [0.1, 0.15) is 32.1 Å². The van der Waals surface area contributed by atoms with E-state index < -0.39 is 6.67 Å². The van der Waals surface area contributed by atoms with Crippen LogP contribution >= 0.6 is 0 Å². The molecule has 56 valence electrons. The second-order valence-corrected chi connectivity index (χ2v) is 2.82. The number of rotatable bonds is 3. The van der Waals surface area contributed by atoms with Gasteiger partial charge in [-0.15, -0.1) is 5.92 Å². The third-order valence-corrected chi connectivity index (χ3v) is 1.80. The van der Waals surface area contributed by atoms with Gasteiger partial charge in [-0.1, -0.05) is 18.8 Å². The lowest BCUT2D eigenvalue weighted by atomic mass is 10.2. The summed E-state index contributed by atoms with van der Waals surface area (Å²) in [7, 11) is 0. The molecule has 1 heteroatoms. The first-order valence-corrected chi connectivity index (χ1v) is 3.95. The summed E-state index contributed by atoms with van der Waals surface area (Å²) in [6.45, 7) is -0.483. The van der Waals surface area contributed by atoms with Crippen molar-refractivity contribution in [3.63, 3.8) is 0 Å². The molecule has 1 rings (SSSR count). The lowest BCUT2D eigenvalue weighted by molar-refractivity contribution is 0.572. The summed E-state index contributed by atoms with van der Waals surface area (Å²) in [5.41, 5.74) is 0. The van der Waals surface area contributed by atoms with Crippen LogP contribution in [0.3, 0.4) is 0 Å². The highest BCUT2D eigenvalue weighted by Crippen LogP contribution is 2.33. The zero-order valence-electron chi connectivity index (χ0n) is 6.20. The first-order chi connectivity index (χ1) is 4.93. The van der Waals surface area contributed by atoms with Gasteiger partial charge in [0.2, 0.25) is 0 Å². The van der Waals surface area contributed by atoms with Crippen molar-refractivity contribution < 1.29 is 4.39 Å². The molecule has 0 radical (unpaired) electrons. The Morgan fingerprint density at radius 1 is 1.30 bits per heavy atom. The quantitative estimate of drug-likeness (QED) is 0.417. The summed E-state index contributed by atoms with van der Waals surface area (Å²) >= 11 is 0. The molecule has 0 bridgehead atoms. The number of unbranched alkanes of at least 4 members (excludes halogenated alkanes) is 1. The van der Waals surface area contributed by atoms with Crippen molar-refractivity contribution >= 4 is 0 Å². The number of halogens is 1. The van der Waals surface area contributed by atoms with E-state index in [9.17, 15) is 4.39 Å². The Labute approximate surface area is 61.8 Å². The van der Waals surface area contributed by atoms with Crippen molar-refractivity contribution in [2.45, 2.75) is 32.1 Å². The maximum Gasteiger partial charge on any atom is 0.150 e. The van der Waals surface area contributed by atoms with Gasteiger partial charge in [-0.25, -0.2) is 4.39 Å². The third kappa shape index (κ3) is 3.50. The Bertz CT molecular complexity index is 137. The standard InChI is InChI=1S/C9H13F/c10-8-4-2-1-3-5-9-6-7-9/h9H,1,3,5-8H2. The molecule has 0 aliphatic heterocycles. The van der Waals surface area contributed by atoms with Crippen LogP contribution in [0.2, 0.25) is 0 Å². The fourth-order valence-corrected chi connectivity index (χ4v) is 1.02. The van der Waals surface area contributed by atoms with Gasteiger partial charge in [0.1, 0.15) is 6.67 Å². The predicted octanol–water partition coefficient (Wildman–Crippen LogP) is 2.54. The topological polar surface area (TPSA) is 0 Å². The van der Waals surface area contributed by atoms with E-state index in [0.29, 0.717) is 0 Å². The fraction of sp³-hybridized carbons (Fsp3) is 0.778. The molecule has 0 N–H and O–H groups in total. The van der Waals surface area contributed by atoms with Gasteiger partial charge in [0, 0.05) is 6.42 Å². The summed E-state index contributed by atoms with van der Waals surface area (Å²) in [6, 6.07) is 0. The van der Waals surface area contributed by atoms with Gasteiger partial charge >= 0.3 is 0 Å². The van der Waals surface area contributed by atoms with Gasteiger partial charge in [-0.3, -0.25) is 0 Å². The van der Waals surface area contributed by atoms with E-state index >= 15 is 0 Å². The molecule has 0 heterocycles. The van der Waals surface area contributed by atoms with Crippen molar-refractivity contribution in [2.75, 3.05) is 6.67 Å². The molecular weight excluding hydrogens is 127 g/mol. The summed E-state index contributed by atoms with van der Waals surface area (Å²) in [4.78, 5) is 0. The summed E-state index contributed by atoms with van der Waals surface area (Å²) < 4.78 is 11.4. The monoisotopic (exact) mass is 140 g/mol. The van der Waals surface area contributed by atoms with Crippen LogP contribution < -0.4 is 0 Å². The maximum absolute atomic E-state index is 11.4. The molecule has 1 aliphatic carbocycles. The molecule has 1 saturated carbocycles. The molecular formula is C9H13F. The molecule has 0 amide bonds. The van der Waals surface area contributed by atoms with Crippen molar-refractivity contribution in [2.24, 2.45) is 5.92 Å².